The van der Waals surface area contributed by atoms with Gasteiger partial charge in [0.25, 0.3) is 5.91 Å². The van der Waals surface area contributed by atoms with E-state index in [4.69, 9.17) is 21.1 Å². The number of carbonyl (C=O) groups excluding carboxylic acids is 1. The number of benzene rings is 1. The van der Waals surface area contributed by atoms with E-state index in [9.17, 15) is 9.90 Å². The van der Waals surface area contributed by atoms with Crippen LogP contribution in [0.4, 0.5) is 0 Å². The Labute approximate surface area is 129 Å². The molecule has 2 N–H and O–H groups in total. The van der Waals surface area contributed by atoms with Crippen molar-refractivity contribution >= 4 is 17.5 Å². The van der Waals surface area contributed by atoms with Gasteiger partial charge in [0, 0.05) is 25.3 Å². The Balaban J connectivity index is 2.01. The predicted molar refractivity (Wildman–Crippen MR) is 80.2 cm³/mol. The summed E-state index contributed by atoms with van der Waals surface area (Å²) in [5, 5.41) is 12.8. The van der Waals surface area contributed by atoms with Crippen LogP contribution >= 0.6 is 11.6 Å². The molecule has 1 heterocycles. The molecule has 1 aromatic rings. The second-order valence-electron chi connectivity index (χ2n) is 5.00. The van der Waals surface area contributed by atoms with Gasteiger partial charge in [-0.1, -0.05) is 11.6 Å². The molecule has 0 atom stereocenters. The number of halogens is 1. The molecule has 2 rings (SSSR count). The molecular formula is C15H20ClNO4. The van der Waals surface area contributed by atoms with Crippen LogP contribution in [0.25, 0.3) is 0 Å². The van der Waals surface area contributed by atoms with E-state index >= 15 is 0 Å². The lowest BCUT2D eigenvalue weighted by Gasteiger charge is -2.22. The third-order valence-electron chi connectivity index (χ3n) is 3.48. The topological polar surface area (TPSA) is 67.8 Å². The summed E-state index contributed by atoms with van der Waals surface area (Å²) >= 11 is 5.92. The average molecular weight is 314 g/mol. The second kappa shape index (κ2) is 7.52. The zero-order valence-electron chi connectivity index (χ0n) is 12.0. The monoisotopic (exact) mass is 313 g/mol. The highest BCUT2D eigenvalue weighted by atomic mass is 35.5. The molecule has 1 amide bonds. The van der Waals surface area contributed by atoms with Crippen LogP contribution in [0, 0.1) is 5.92 Å². The van der Waals surface area contributed by atoms with Crippen molar-refractivity contribution in [2.45, 2.75) is 19.8 Å². The minimum absolute atomic E-state index is 0.108. The quantitative estimate of drug-likeness (QED) is 0.877. The van der Waals surface area contributed by atoms with E-state index in [2.05, 4.69) is 5.32 Å². The van der Waals surface area contributed by atoms with Crippen LogP contribution in [0.3, 0.4) is 0 Å². The van der Waals surface area contributed by atoms with Crippen LogP contribution in [-0.2, 0) is 4.74 Å². The summed E-state index contributed by atoms with van der Waals surface area (Å²) in [5.74, 6) is 0.312. The number of aromatic hydroxyl groups is 1. The van der Waals surface area contributed by atoms with Crippen molar-refractivity contribution in [2.24, 2.45) is 5.92 Å². The van der Waals surface area contributed by atoms with Gasteiger partial charge in [-0.2, -0.15) is 0 Å². The van der Waals surface area contributed by atoms with E-state index in [-0.39, 0.29) is 22.4 Å². The minimum Gasteiger partial charge on any atom is -0.503 e. The first kappa shape index (κ1) is 15.9. The van der Waals surface area contributed by atoms with Crippen LogP contribution in [0.2, 0.25) is 5.02 Å². The van der Waals surface area contributed by atoms with E-state index in [1.807, 2.05) is 0 Å². The molecule has 1 aromatic carbocycles. The average Bonchev–Trinajstić information content (AvgIpc) is 2.50. The standard InChI is InChI=1S/C15H20ClNO4/c1-2-21-13-8-11(7-12(16)14(13)18)15(19)17-9-10-3-5-20-6-4-10/h7-8,10,18H,2-6,9H2,1H3,(H,17,19). The van der Waals surface area contributed by atoms with Crippen LogP contribution in [0.15, 0.2) is 12.1 Å². The summed E-state index contributed by atoms with van der Waals surface area (Å²) in [6.45, 7) is 4.30. The molecule has 5 nitrogen and oxygen atoms in total. The van der Waals surface area contributed by atoms with Crippen LogP contribution in [0.5, 0.6) is 11.5 Å². The Kier molecular flexibility index (Phi) is 5.70. The molecular weight excluding hydrogens is 294 g/mol. The third kappa shape index (κ3) is 4.25. The van der Waals surface area contributed by atoms with E-state index in [1.54, 1.807) is 6.92 Å². The van der Waals surface area contributed by atoms with Gasteiger partial charge in [-0.25, -0.2) is 0 Å². The molecule has 0 aliphatic carbocycles. The molecule has 1 saturated heterocycles. The zero-order chi connectivity index (χ0) is 15.2. The van der Waals surface area contributed by atoms with Crippen molar-refractivity contribution in [1.82, 2.24) is 5.32 Å². The number of amides is 1. The van der Waals surface area contributed by atoms with Crippen LogP contribution in [0.1, 0.15) is 30.1 Å². The predicted octanol–water partition coefficient (Wildman–Crippen LogP) is 2.60. The molecule has 0 unspecified atom stereocenters. The number of hydrogen-bond acceptors (Lipinski definition) is 4. The first-order valence-corrected chi connectivity index (χ1v) is 7.50. The molecule has 6 heteroatoms. The summed E-state index contributed by atoms with van der Waals surface area (Å²) in [6.07, 6.45) is 1.92. The Bertz CT molecular complexity index is 501. The maximum Gasteiger partial charge on any atom is 0.251 e. The SMILES string of the molecule is CCOc1cc(C(=O)NCC2CCOCC2)cc(Cl)c1O. The van der Waals surface area contributed by atoms with Crippen molar-refractivity contribution in [3.8, 4) is 11.5 Å². The summed E-state index contributed by atoms with van der Waals surface area (Å²) < 4.78 is 10.6. The smallest absolute Gasteiger partial charge is 0.251 e. The number of nitrogens with one attached hydrogen (secondary N) is 1. The van der Waals surface area contributed by atoms with Crippen LogP contribution < -0.4 is 10.1 Å². The number of carbonyl (C=O) groups is 1. The molecule has 0 radical (unpaired) electrons. The van der Waals surface area contributed by atoms with Gasteiger partial charge in [0.2, 0.25) is 0 Å². The number of ether oxygens (including phenoxy) is 2. The summed E-state index contributed by atoms with van der Waals surface area (Å²) in [4.78, 5) is 12.2. The van der Waals surface area contributed by atoms with Crippen molar-refractivity contribution in [3.63, 3.8) is 0 Å². The van der Waals surface area contributed by atoms with E-state index in [1.165, 1.54) is 12.1 Å². The molecule has 0 aromatic heterocycles. The van der Waals surface area contributed by atoms with Gasteiger partial charge in [0.05, 0.1) is 11.6 Å². The van der Waals surface area contributed by atoms with Crippen molar-refractivity contribution in [2.75, 3.05) is 26.4 Å². The molecule has 0 bridgehead atoms. The van der Waals surface area contributed by atoms with Gasteiger partial charge in [-0.3, -0.25) is 4.79 Å². The molecule has 1 fully saturated rings. The molecule has 0 spiro atoms. The minimum atomic E-state index is -0.218. The largest absolute Gasteiger partial charge is 0.503 e. The van der Waals surface area contributed by atoms with Crippen molar-refractivity contribution < 1.29 is 19.4 Å². The van der Waals surface area contributed by atoms with Gasteiger partial charge in [0.15, 0.2) is 11.5 Å². The normalized spacial score (nSPS) is 15.7. The first-order valence-electron chi connectivity index (χ1n) is 7.13. The maximum absolute atomic E-state index is 12.2. The van der Waals surface area contributed by atoms with Crippen molar-refractivity contribution in [3.05, 3.63) is 22.7 Å². The lowest BCUT2D eigenvalue weighted by atomic mass is 10.0. The first-order chi connectivity index (χ1) is 10.1. The Morgan fingerprint density at radius 2 is 2.19 bits per heavy atom. The summed E-state index contributed by atoms with van der Waals surface area (Å²) in [5.41, 5.74) is 0.383. The third-order valence-corrected chi connectivity index (χ3v) is 3.77. The molecule has 1 aliphatic rings. The Morgan fingerprint density at radius 1 is 1.48 bits per heavy atom. The summed E-state index contributed by atoms with van der Waals surface area (Å²) in [7, 11) is 0. The highest BCUT2D eigenvalue weighted by Crippen LogP contribution is 2.35. The molecule has 116 valence electrons. The maximum atomic E-state index is 12.2. The number of phenols is 1. The fourth-order valence-corrected chi connectivity index (χ4v) is 2.47. The molecule has 1 aliphatic heterocycles. The molecule has 0 saturated carbocycles. The highest BCUT2D eigenvalue weighted by molar-refractivity contribution is 6.32. The van der Waals surface area contributed by atoms with Gasteiger partial charge in [0.1, 0.15) is 0 Å². The van der Waals surface area contributed by atoms with Gasteiger partial charge < -0.3 is 19.9 Å². The number of hydrogen-bond donors (Lipinski definition) is 2. The fourth-order valence-electron chi connectivity index (χ4n) is 2.26. The van der Waals surface area contributed by atoms with E-state index in [0.29, 0.717) is 24.6 Å². The number of phenolic OH excluding ortho intramolecular Hbond substituents is 1. The highest BCUT2D eigenvalue weighted by Gasteiger charge is 2.17. The fraction of sp³-hybridized carbons (Fsp3) is 0.533. The lowest BCUT2D eigenvalue weighted by molar-refractivity contribution is 0.0642. The van der Waals surface area contributed by atoms with Crippen molar-refractivity contribution in [1.29, 1.82) is 0 Å². The lowest BCUT2D eigenvalue weighted by Crippen LogP contribution is -2.32. The van der Waals surface area contributed by atoms with E-state index < -0.39 is 0 Å². The van der Waals surface area contributed by atoms with Gasteiger partial charge in [-0.05, 0) is 37.8 Å². The number of rotatable bonds is 5. The summed E-state index contributed by atoms with van der Waals surface area (Å²) in [6, 6.07) is 2.95. The Hall–Kier alpha value is -1.46. The van der Waals surface area contributed by atoms with E-state index in [0.717, 1.165) is 26.1 Å². The van der Waals surface area contributed by atoms with Crippen LogP contribution in [-0.4, -0.2) is 37.4 Å². The van der Waals surface area contributed by atoms with Gasteiger partial charge in [-0.15, -0.1) is 0 Å². The second-order valence-corrected chi connectivity index (χ2v) is 5.41. The zero-order valence-corrected chi connectivity index (χ0v) is 12.8. The molecule has 21 heavy (non-hydrogen) atoms. The van der Waals surface area contributed by atoms with Gasteiger partial charge >= 0.3 is 0 Å². The Morgan fingerprint density at radius 3 is 2.86 bits per heavy atom.